The van der Waals surface area contributed by atoms with E-state index in [0.29, 0.717) is 19.4 Å². The summed E-state index contributed by atoms with van der Waals surface area (Å²) < 4.78 is 0. The van der Waals surface area contributed by atoms with Crippen molar-refractivity contribution in [1.29, 1.82) is 0 Å². The minimum absolute atomic E-state index is 0.00123. The van der Waals surface area contributed by atoms with Crippen molar-refractivity contribution in [3.8, 4) is 0 Å². The number of carbonyl (C=O) groups is 2. The van der Waals surface area contributed by atoms with Gasteiger partial charge in [0.1, 0.15) is 11.6 Å². The summed E-state index contributed by atoms with van der Waals surface area (Å²) in [6.07, 6.45) is 1.19. The average Bonchev–Trinajstić information content (AvgIpc) is 2.41. The van der Waals surface area contributed by atoms with Crippen molar-refractivity contribution >= 4 is 23.4 Å². The van der Waals surface area contributed by atoms with Crippen LogP contribution in [-0.4, -0.2) is 34.8 Å². The van der Waals surface area contributed by atoms with Crippen molar-refractivity contribution < 1.29 is 9.59 Å². The molecule has 114 valence electrons. The van der Waals surface area contributed by atoms with E-state index < -0.39 is 11.6 Å². The van der Waals surface area contributed by atoms with Crippen LogP contribution in [0.2, 0.25) is 0 Å². The Kier molecular flexibility index (Phi) is 5.63. The van der Waals surface area contributed by atoms with Crippen molar-refractivity contribution in [3.05, 3.63) is 11.1 Å². The second-order valence-electron chi connectivity index (χ2n) is 5.86. The molecule has 1 saturated heterocycles. The van der Waals surface area contributed by atoms with E-state index in [-0.39, 0.29) is 17.7 Å². The molecule has 0 aromatic heterocycles. The Morgan fingerprint density at radius 3 is 2.35 bits per heavy atom. The molecular formula is C15H25ClN2O2. The Balaban J connectivity index is 3.20. The van der Waals surface area contributed by atoms with Crippen LogP contribution in [0.15, 0.2) is 11.1 Å². The lowest BCUT2D eigenvalue weighted by atomic mass is 9.84. The first-order valence-corrected chi connectivity index (χ1v) is 7.65. The Hall–Kier alpha value is -1.03. The van der Waals surface area contributed by atoms with Crippen LogP contribution in [0.4, 0.5) is 0 Å². The quantitative estimate of drug-likeness (QED) is 0.848. The molecule has 0 bridgehead atoms. The lowest BCUT2D eigenvalue weighted by Gasteiger charge is -2.47. The highest BCUT2D eigenvalue weighted by Gasteiger charge is 2.49. The van der Waals surface area contributed by atoms with Crippen molar-refractivity contribution in [2.24, 2.45) is 5.92 Å². The van der Waals surface area contributed by atoms with Crippen LogP contribution in [0.1, 0.15) is 47.5 Å². The number of rotatable bonds is 5. The predicted octanol–water partition coefficient (Wildman–Crippen LogP) is 2.67. The average molecular weight is 301 g/mol. The van der Waals surface area contributed by atoms with E-state index in [1.807, 2.05) is 34.6 Å². The maximum Gasteiger partial charge on any atom is 0.249 e. The molecule has 1 atom stereocenters. The molecule has 0 saturated carbocycles. The van der Waals surface area contributed by atoms with Gasteiger partial charge in [-0.25, -0.2) is 0 Å². The van der Waals surface area contributed by atoms with Crippen molar-refractivity contribution in [2.45, 2.75) is 59.0 Å². The molecule has 1 heterocycles. The summed E-state index contributed by atoms with van der Waals surface area (Å²) in [5.41, 5.74) is 1.58. The highest BCUT2D eigenvalue weighted by atomic mass is 35.5. The van der Waals surface area contributed by atoms with Gasteiger partial charge in [0, 0.05) is 12.1 Å². The number of halogens is 1. The molecular weight excluding hydrogens is 276 g/mol. The fourth-order valence-electron chi connectivity index (χ4n) is 2.77. The molecule has 1 N–H and O–H groups in total. The van der Waals surface area contributed by atoms with Crippen LogP contribution in [0.3, 0.4) is 0 Å². The topological polar surface area (TPSA) is 49.4 Å². The summed E-state index contributed by atoms with van der Waals surface area (Å²) in [7, 11) is 0. The van der Waals surface area contributed by atoms with Gasteiger partial charge in [-0.1, -0.05) is 39.3 Å². The molecule has 0 aromatic rings. The molecule has 1 aliphatic rings. The van der Waals surface area contributed by atoms with Crippen LogP contribution in [-0.2, 0) is 9.59 Å². The van der Waals surface area contributed by atoms with Crippen LogP contribution < -0.4 is 5.32 Å². The largest absolute Gasteiger partial charge is 0.340 e. The van der Waals surface area contributed by atoms with E-state index in [9.17, 15) is 9.59 Å². The van der Waals surface area contributed by atoms with Crippen molar-refractivity contribution in [3.63, 3.8) is 0 Å². The molecule has 4 nitrogen and oxygen atoms in total. The molecule has 0 aliphatic carbocycles. The number of amides is 2. The van der Waals surface area contributed by atoms with Gasteiger partial charge < -0.3 is 10.2 Å². The summed E-state index contributed by atoms with van der Waals surface area (Å²) in [5.74, 6) is -0.00173. The highest BCUT2D eigenvalue weighted by molar-refractivity contribution is 6.25. The van der Waals surface area contributed by atoms with Crippen LogP contribution in [0, 0.1) is 5.92 Å². The SMILES string of the molecule is CCC1(CC)NC(=O)C(C(C)C)N(CC(C)=CCl)C1=O. The lowest BCUT2D eigenvalue weighted by molar-refractivity contribution is -0.156. The maximum atomic E-state index is 12.9. The van der Waals surface area contributed by atoms with Gasteiger partial charge >= 0.3 is 0 Å². The fourth-order valence-corrected chi connectivity index (χ4v) is 2.84. The minimum Gasteiger partial charge on any atom is -0.340 e. The van der Waals surface area contributed by atoms with E-state index >= 15 is 0 Å². The zero-order valence-electron chi connectivity index (χ0n) is 13.0. The molecule has 1 fully saturated rings. The van der Waals surface area contributed by atoms with Crippen molar-refractivity contribution in [1.82, 2.24) is 10.2 Å². The maximum absolute atomic E-state index is 12.9. The predicted molar refractivity (Wildman–Crippen MR) is 81.4 cm³/mol. The Labute approximate surface area is 126 Å². The first-order chi connectivity index (χ1) is 9.32. The van der Waals surface area contributed by atoms with Gasteiger partial charge in [0.2, 0.25) is 11.8 Å². The van der Waals surface area contributed by atoms with E-state index in [0.717, 1.165) is 5.57 Å². The van der Waals surface area contributed by atoms with Crippen LogP contribution in [0.5, 0.6) is 0 Å². The summed E-state index contributed by atoms with van der Waals surface area (Å²) in [6, 6.07) is -0.430. The first-order valence-electron chi connectivity index (χ1n) is 7.21. The van der Waals surface area contributed by atoms with Crippen LogP contribution >= 0.6 is 11.6 Å². The number of piperazine rings is 1. The normalized spacial score (nSPS) is 23.2. The summed E-state index contributed by atoms with van der Waals surface area (Å²) in [6.45, 7) is 10.0. The van der Waals surface area contributed by atoms with Gasteiger partial charge in [-0.3, -0.25) is 9.59 Å². The van der Waals surface area contributed by atoms with E-state index in [1.165, 1.54) is 5.54 Å². The molecule has 20 heavy (non-hydrogen) atoms. The molecule has 2 amide bonds. The molecule has 0 radical (unpaired) electrons. The standard InChI is InChI=1S/C15H25ClN2O2/c1-6-15(7-2)14(20)18(9-11(5)8-16)12(10(3)4)13(19)17-15/h8,10,12H,6-7,9H2,1-5H3,(H,17,19). The third kappa shape index (κ3) is 3.00. The van der Waals surface area contributed by atoms with E-state index in [1.54, 1.807) is 4.90 Å². The number of hydrogen-bond donors (Lipinski definition) is 1. The Morgan fingerprint density at radius 2 is 1.95 bits per heavy atom. The number of carbonyl (C=O) groups excluding carboxylic acids is 2. The van der Waals surface area contributed by atoms with Gasteiger partial charge in [-0.15, -0.1) is 0 Å². The third-order valence-corrected chi connectivity index (χ3v) is 4.45. The number of nitrogens with one attached hydrogen (secondary N) is 1. The molecule has 1 aliphatic heterocycles. The second-order valence-corrected chi connectivity index (χ2v) is 6.07. The van der Waals surface area contributed by atoms with E-state index in [2.05, 4.69) is 5.32 Å². The smallest absolute Gasteiger partial charge is 0.249 e. The second kappa shape index (κ2) is 6.61. The van der Waals surface area contributed by atoms with Crippen molar-refractivity contribution in [2.75, 3.05) is 6.54 Å². The third-order valence-electron chi connectivity index (χ3n) is 4.08. The lowest BCUT2D eigenvalue weighted by Crippen LogP contribution is -2.71. The summed E-state index contributed by atoms with van der Waals surface area (Å²) >= 11 is 5.72. The van der Waals surface area contributed by atoms with Gasteiger partial charge in [-0.2, -0.15) is 0 Å². The number of hydrogen-bond acceptors (Lipinski definition) is 2. The Bertz CT molecular complexity index is 414. The summed E-state index contributed by atoms with van der Waals surface area (Å²) in [4.78, 5) is 27.0. The number of nitrogens with zero attached hydrogens (tertiary/aromatic N) is 1. The molecule has 1 rings (SSSR count). The highest BCUT2D eigenvalue weighted by Crippen LogP contribution is 2.28. The van der Waals surface area contributed by atoms with Gasteiger partial charge in [0.05, 0.1) is 0 Å². The van der Waals surface area contributed by atoms with Gasteiger partial charge in [-0.05, 0) is 31.3 Å². The summed E-state index contributed by atoms with van der Waals surface area (Å²) in [5, 5.41) is 2.95. The van der Waals surface area contributed by atoms with E-state index in [4.69, 9.17) is 11.6 Å². The monoisotopic (exact) mass is 300 g/mol. The van der Waals surface area contributed by atoms with Gasteiger partial charge in [0.15, 0.2) is 0 Å². The zero-order valence-corrected chi connectivity index (χ0v) is 13.8. The fraction of sp³-hybridized carbons (Fsp3) is 0.733. The van der Waals surface area contributed by atoms with Crippen LogP contribution in [0.25, 0.3) is 0 Å². The first kappa shape index (κ1) is 17.0. The van der Waals surface area contributed by atoms with Gasteiger partial charge in [0.25, 0.3) is 0 Å². The zero-order chi connectivity index (χ0) is 15.5. The molecule has 0 aromatic carbocycles. The Morgan fingerprint density at radius 1 is 1.40 bits per heavy atom. The molecule has 1 unspecified atom stereocenters. The molecule has 5 heteroatoms. The minimum atomic E-state index is -0.769. The molecule has 0 spiro atoms.